The molecular formula is C33H39BrN4O4. The van der Waals surface area contributed by atoms with E-state index in [0.717, 1.165) is 72.6 Å². The highest BCUT2D eigenvalue weighted by molar-refractivity contribution is 9.10. The van der Waals surface area contributed by atoms with E-state index >= 15 is 0 Å². The minimum atomic E-state index is -0.664. The summed E-state index contributed by atoms with van der Waals surface area (Å²) in [6, 6.07) is 15.1. The molecular weight excluding hydrogens is 596 g/mol. The zero-order chi connectivity index (χ0) is 29.8. The van der Waals surface area contributed by atoms with E-state index < -0.39 is 6.04 Å². The van der Waals surface area contributed by atoms with Gasteiger partial charge in [-0.2, -0.15) is 5.26 Å². The van der Waals surface area contributed by atoms with Gasteiger partial charge < -0.3 is 18.9 Å². The fourth-order valence-corrected chi connectivity index (χ4v) is 7.35. The molecule has 0 bridgehead atoms. The maximum atomic E-state index is 14.2. The number of nitriles is 1. The summed E-state index contributed by atoms with van der Waals surface area (Å²) < 4.78 is 14.0. The minimum absolute atomic E-state index is 0.117. The number of aryl methyl sites for hydroxylation is 2. The van der Waals surface area contributed by atoms with Crippen LogP contribution in [0.25, 0.3) is 10.9 Å². The Kier molecular flexibility index (Phi) is 9.54. The Labute approximate surface area is 256 Å². The SMILES string of the molecule is CCOC(=O)C(c1ccc(OC)c(Br)c1)N1CCC[C@@H]1C(=O)N1CCC[C@H]1CCc1cc2ccc(C#N)cc2n1CC. The van der Waals surface area contributed by atoms with Gasteiger partial charge in [0.25, 0.3) is 0 Å². The van der Waals surface area contributed by atoms with E-state index in [0.29, 0.717) is 17.9 Å². The standard InChI is InChI=1S/C33H39BrN4O4/c1-4-36-26(19-23-11-10-22(21-35)18-29(23)36)14-13-25-8-6-16-37(25)32(39)28-9-7-17-38(28)31(33(40)42-5-2)24-12-15-30(41-3)27(34)20-24/h10-12,15,18-20,25,28,31H,4-9,13-14,16-17H2,1-3H3/t25-,28+,31?/m0/s1. The summed E-state index contributed by atoms with van der Waals surface area (Å²) in [7, 11) is 1.61. The third-order valence-electron chi connectivity index (χ3n) is 8.74. The van der Waals surface area contributed by atoms with E-state index in [1.807, 2.05) is 41.3 Å². The van der Waals surface area contributed by atoms with Crippen molar-refractivity contribution in [3.05, 3.63) is 63.8 Å². The van der Waals surface area contributed by atoms with Gasteiger partial charge in [0.1, 0.15) is 11.8 Å². The molecule has 0 spiro atoms. The van der Waals surface area contributed by atoms with Crippen molar-refractivity contribution in [3.8, 4) is 11.8 Å². The van der Waals surface area contributed by atoms with Crippen LogP contribution in [0.2, 0.25) is 0 Å². The zero-order valence-corrected chi connectivity index (χ0v) is 26.2. The molecule has 9 heteroatoms. The van der Waals surface area contributed by atoms with Gasteiger partial charge in [-0.25, -0.2) is 4.79 Å². The average Bonchev–Trinajstić information content (AvgIpc) is 3.74. The number of hydrogen-bond donors (Lipinski definition) is 0. The van der Waals surface area contributed by atoms with Crippen LogP contribution in [0.5, 0.6) is 5.75 Å². The molecule has 2 aliphatic heterocycles. The summed E-state index contributed by atoms with van der Waals surface area (Å²) in [5.74, 6) is 0.466. The largest absolute Gasteiger partial charge is 0.496 e. The first-order valence-electron chi connectivity index (χ1n) is 15.0. The van der Waals surface area contributed by atoms with Crippen molar-refractivity contribution in [2.45, 2.75) is 77.0 Å². The summed E-state index contributed by atoms with van der Waals surface area (Å²) >= 11 is 3.56. The highest BCUT2D eigenvalue weighted by Crippen LogP contribution is 2.36. The number of rotatable bonds is 10. The number of halogens is 1. The molecule has 2 aromatic carbocycles. The van der Waals surface area contributed by atoms with Gasteiger partial charge in [-0.05, 0) is 110 Å². The van der Waals surface area contributed by atoms with Crippen LogP contribution >= 0.6 is 15.9 Å². The number of carbonyl (C=O) groups is 2. The monoisotopic (exact) mass is 634 g/mol. The molecule has 1 aromatic heterocycles. The normalized spacial score (nSPS) is 19.6. The summed E-state index contributed by atoms with van der Waals surface area (Å²) in [5.41, 5.74) is 3.77. The molecule has 2 aliphatic rings. The van der Waals surface area contributed by atoms with Crippen LogP contribution in [0.15, 0.2) is 46.9 Å². The molecule has 3 heterocycles. The van der Waals surface area contributed by atoms with E-state index in [1.165, 1.54) is 5.69 Å². The van der Waals surface area contributed by atoms with E-state index in [9.17, 15) is 14.9 Å². The zero-order valence-electron chi connectivity index (χ0n) is 24.6. The Hall–Kier alpha value is -3.35. The molecule has 2 fully saturated rings. The topological polar surface area (TPSA) is 87.8 Å². The Balaban J connectivity index is 1.35. The molecule has 2 saturated heterocycles. The number of ether oxygens (including phenoxy) is 2. The van der Waals surface area contributed by atoms with Gasteiger partial charge in [0.2, 0.25) is 5.91 Å². The van der Waals surface area contributed by atoms with Crippen molar-refractivity contribution in [3.63, 3.8) is 0 Å². The second kappa shape index (κ2) is 13.3. The van der Waals surface area contributed by atoms with Crippen LogP contribution < -0.4 is 4.74 Å². The number of carbonyl (C=O) groups excluding carboxylic acids is 2. The average molecular weight is 636 g/mol. The highest BCUT2D eigenvalue weighted by atomic mass is 79.9. The van der Waals surface area contributed by atoms with Crippen molar-refractivity contribution in [1.82, 2.24) is 14.4 Å². The van der Waals surface area contributed by atoms with E-state index in [2.05, 4.69) is 44.5 Å². The molecule has 1 unspecified atom stereocenters. The number of likely N-dealkylation sites (tertiary alicyclic amines) is 2. The molecule has 8 nitrogen and oxygen atoms in total. The molecule has 42 heavy (non-hydrogen) atoms. The van der Waals surface area contributed by atoms with Gasteiger partial charge in [0, 0.05) is 36.9 Å². The summed E-state index contributed by atoms with van der Waals surface area (Å²) in [5, 5.41) is 10.5. The van der Waals surface area contributed by atoms with Crippen LogP contribution in [0.3, 0.4) is 0 Å². The van der Waals surface area contributed by atoms with Crippen LogP contribution in [-0.2, 0) is 27.3 Å². The molecule has 0 saturated carbocycles. The van der Waals surface area contributed by atoms with Crippen LogP contribution in [0.4, 0.5) is 0 Å². The molecule has 3 atom stereocenters. The Bertz CT molecular complexity index is 1500. The molecule has 0 N–H and O–H groups in total. The third-order valence-corrected chi connectivity index (χ3v) is 9.36. The fraction of sp³-hybridized carbons (Fsp3) is 0.485. The predicted molar refractivity (Wildman–Crippen MR) is 165 cm³/mol. The second-order valence-corrected chi connectivity index (χ2v) is 11.9. The summed E-state index contributed by atoms with van der Waals surface area (Å²) in [6.07, 6.45) is 5.28. The summed E-state index contributed by atoms with van der Waals surface area (Å²) in [4.78, 5) is 31.6. The lowest BCUT2D eigenvalue weighted by atomic mass is 10.0. The van der Waals surface area contributed by atoms with E-state index in [1.54, 1.807) is 14.0 Å². The second-order valence-electron chi connectivity index (χ2n) is 11.1. The van der Waals surface area contributed by atoms with Gasteiger partial charge >= 0.3 is 5.97 Å². The maximum Gasteiger partial charge on any atom is 0.328 e. The van der Waals surface area contributed by atoms with E-state index in [4.69, 9.17) is 9.47 Å². The summed E-state index contributed by atoms with van der Waals surface area (Å²) in [6.45, 7) is 6.44. The van der Waals surface area contributed by atoms with Gasteiger partial charge in [0.05, 0.1) is 35.9 Å². The van der Waals surface area contributed by atoms with Crippen molar-refractivity contribution >= 4 is 38.7 Å². The predicted octanol–water partition coefficient (Wildman–Crippen LogP) is 6.00. The van der Waals surface area contributed by atoms with Crippen molar-refractivity contribution in [1.29, 1.82) is 5.26 Å². The molecule has 1 amide bonds. The van der Waals surface area contributed by atoms with Gasteiger partial charge in [-0.15, -0.1) is 0 Å². The van der Waals surface area contributed by atoms with Crippen LogP contribution in [0, 0.1) is 11.3 Å². The quantitative estimate of drug-likeness (QED) is 0.254. The highest BCUT2D eigenvalue weighted by Gasteiger charge is 2.43. The van der Waals surface area contributed by atoms with Gasteiger partial charge in [0.15, 0.2) is 0 Å². The lowest BCUT2D eigenvalue weighted by Gasteiger charge is -2.35. The number of benzene rings is 2. The molecule has 5 rings (SSSR count). The lowest BCUT2D eigenvalue weighted by molar-refractivity contribution is -0.152. The fourth-order valence-electron chi connectivity index (χ4n) is 6.79. The number of esters is 1. The van der Waals surface area contributed by atoms with Crippen molar-refractivity contribution < 1.29 is 19.1 Å². The Morgan fingerprint density at radius 3 is 2.62 bits per heavy atom. The first kappa shape index (κ1) is 30.1. The number of amides is 1. The van der Waals surface area contributed by atoms with Crippen LogP contribution in [-0.4, -0.2) is 65.1 Å². The maximum absolute atomic E-state index is 14.2. The number of aromatic nitrogens is 1. The Morgan fingerprint density at radius 2 is 1.90 bits per heavy atom. The lowest BCUT2D eigenvalue weighted by Crippen LogP contribution is -2.50. The first-order chi connectivity index (χ1) is 20.4. The minimum Gasteiger partial charge on any atom is -0.496 e. The van der Waals surface area contributed by atoms with E-state index in [-0.39, 0.29) is 30.6 Å². The van der Waals surface area contributed by atoms with Gasteiger partial charge in [-0.1, -0.05) is 12.1 Å². The molecule has 0 aliphatic carbocycles. The van der Waals surface area contributed by atoms with Gasteiger partial charge in [-0.3, -0.25) is 9.69 Å². The first-order valence-corrected chi connectivity index (χ1v) is 15.8. The molecule has 0 radical (unpaired) electrons. The molecule has 222 valence electrons. The third kappa shape index (κ3) is 5.93. The van der Waals surface area contributed by atoms with Crippen LogP contribution in [0.1, 0.15) is 68.8 Å². The Morgan fingerprint density at radius 1 is 1.10 bits per heavy atom. The van der Waals surface area contributed by atoms with Crippen molar-refractivity contribution in [2.75, 3.05) is 26.8 Å². The van der Waals surface area contributed by atoms with Crippen molar-refractivity contribution in [2.24, 2.45) is 0 Å². The number of nitrogens with zero attached hydrogens (tertiary/aromatic N) is 4. The number of fused-ring (bicyclic) bond motifs is 1. The number of methoxy groups -OCH3 is 1. The smallest absolute Gasteiger partial charge is 0.328 e. The number of hydrogen-bond acceptors (Lipinski definition) is 6. The molecule has 3 aromatic rings.